The molecule has 2 fully saturated rings. The van der Waals surface area contributed by atoms with Gasteiger partial charge in [-0.1, -0.05) is 0 Å². The number of pyridine rings is 1. The molecular weight excluding hydrogens is 330 g/mol. The zero-order valence-electron chi connectivity index (χ0n) is 14.5. The summed E-state index contributed by atoms with van der Waals surface area (Å²) in [6.07, 6.45) is 10.8. The number of nitrogens with zero attached hydrogens (tertiary/aromatic N) is 5. The first kappa shape index (κ1) is 16.6. The van der Waals surface area contributed by atoms with E-state index in [0.717, 1.165) is 32.4 Å². The van der Waals surface area contributed by atoms with Gasteiger partial charge in [0.25, 0.3) is 11.8 Å². The molecule has 0 bridgehead atoms. The topological polar surface area (TPSA) is 79.3 Å². The lowest BCUT2D eigenvalue weighted by Crippen LogP contribution is -2.48. The lowest BCUT2D eigenvalue weighted by atomic mass is 9.79. The van der Waals surface area contributed by atoms with Gasteiger partial charge in [0, 0.05) is 61.9 Å². The molecular formula is C19H21N5O2. The predicted octanol–water partition coefficient (Wildman–Crippen LogP) is 1.64. The van der Waals surface area contributed by atoms with Crippen molar-refractivity contribution in [3.8, 4) is 0 Å². The van der Waals surface area contributed by atoms with Crippen molar-refractivity contribution in [2.75, 3.05) is 26.2 Å². The Morgan fingerprint density at radius 1 is 0.885 bits per heavy atom. The van der Waals surface area contributed by atoms with Crippen molar-refractivity contribution < 1.29 is 9.59 Å². The standard InChI is InChI=1S/C19H21N5O2/c25-17(15-2-6-20-7-3-15)24-11-5-19(14-24)4-1-10-23(13-19)18(26)16-12-21-8-9-22-16/h2-3,6-9,12H,1,4-5,10-11,13-14H2/t19-/m1/s1. The Morgan fingerprint density at radius 2 is 1.65 bits per heavy atom. The second-order valence-corrected chi connectivity index (χ2v) is 7.13. The Bertz CT molecular complexity index is 798. The molecule has 2 aromatic rings. The molecule has 7 nitrogen and oxygen atoms in total. The van der Waals surface area contributed by atoms with Crippen LogP contribution in [0.1, 0.15) is 40.1 Å². The van der Waals surface area contributed by atoms with Crippen LogP contribution in [-0.4, -0.2) is 62.7 Å². The molecule has 0 aliphatic carbocycles. The molecule has 4 rings (SSSR count). The molecule has 4 heterocycles. The maximum Gasteiger partial charge on any atom is 0.274 e. The highest BCUT2D eigenvalue weighted by Crippen LogP contribution is 2.39. The minimum atomic E-state index is -0.0731. The smallest absolute Gasteiger partial charge is 0.274 e. The average Bonchev–Trinajstić information content (AvgIpc) is 3.11. The minimum absolute atomic E-state index is 0.0151. The molecule has 2 aliphatic rings. The van der Waals surface area contributed by atoms with E-state index >= 15 is 0 Å². The molecule has 0 saturated carbocycles. The summed E-state index contributed by atoms with van der Waals surface area (Å²) in [4.78, 5) is 41.3. The molecule has 2 saturated heterocycles. The lowest BCUT2D eigenvalue weighted by Gasteiger charge is -2.40. The number of amides is 2. The summed E-state index contributed by atoms with van der Waals surface area (Å²) in [5.41, 5.74) is 1.03. The van der Waals surface area contributed by atoms with Crippen molar-refractivity contribution >= 4 is 11.8 Å². The molecule has 0 N–H and O–H groups in total. The van der Waals surface area contributed by atoms with Gasteiger partial charge in [-0.05, 0) is 31.4 Å². The molecule has 2 aliphatic heterocycles. The zero-order valence-corrected chi connectivity index (χ0v) is 14.5. The van der Waals surface area contributed by atoms with Crippen LogP contribution < -0.4 is 0 Å². The van der Waals surface area contributed by atoms with Gasteiger partial charge in [0.2, 0.25) is 0 Å². The van der Waals surface area contributed by atoms with Crippen LogP contribution in [-0.2, 0) is 0 Å². The van der Waals surface area contributed by atoms with Crippen LogP contribution in [0, 0.1) is 5.41 Å². The second kappa shape index (κ2) is 6.82. The Morgan fingerprint density at radius 3 is 2.38 bits per heavy atom. The number of carbonyl (C=O) groups is 2. The summed E-state index contributed by atoms with van der Waals surface area (Å²) in [6, 6.07) is 3.50. The van der Waals surface area contributed by atoms with E-state index in [1.807, 2.05) is 9.80 Å². The Labute approximate surface area is 152 Å². The van der Waals surface area contributed by atoms with E-state index < -0.39 is 0 Å². The highest BCUT2D eigenvalue weighted by atomic mass is 16.2. The summed E-state index contributed by atoms with van der Waals surface area (Å²) in [6.45, 7) is 2.82. The molecule has 26 heavy (non-hydrogen) atoms. The summed E-state index contributed by atoms with van der Waals surface area (Å²) < 4.78 is 0. The van der Waals surface area contributed by atoms with Gasteiger partial charge in [0.05, 0.1) is 6.20 Å². The fourth-order valence-corrected chi connectivity index (χ4v) is 4.07. The summed E-state index contributed by atoms with van der Waals surface area (Å²) in [5.74, 6) is -0.0299. The van der Waals surface area contributed by atoms with Gasteiger partial charge < -0.3 is 9.80 Å². The van der Waals surface area contributed by atoms with Gasteiger partial charge in [-0.15, -0.1) is 0 Å². The predicted molar refractivity (Wildman–Crippen MR) is 94.4 cm³/mol. The van der Waals surface area contributed by atoms with Crippen LogP contribution >= 0.6 is 0 Å². The monoisotopic (exact) mass is 351 g/mol. The maximum atomic E-state index is 12.7. The van der Waals surface area contributed by atoms with Crippen LogP contribution in [0.15, 0.2) is 43.1 Å². The summed E-state index contributed by atoms with van der Waals surface area (Å²) in [7, 11) is 0. The highest BCUT2D eigenvalue weighted by molar-refractivity contribution is 5.94. The molecule has 7 heteroatoms. The SMILES string of the molecule is O=C(c1ccncc1)N1CC[C@@]2(CCCN(C(=O)c3cnccn3)C2)C1. The van der Waals surface area contributed by atoms with Gasteiger partial charge in [0.15, 0.2) is 0 Å². The van der Waals surface area contributed by atoms with Gasteiger partial charge in [-0.25, -0.2) is 4.98 Å². The van der Waals surface area contributed by atoms with Crippen molar-refractivity contribution in [1.29, 1.82) is 0 Å². The van der Waals surface area contributed by atoms with Crippen molar-refractivity contribution in [2.45, 2.75) is 19.3 Å². The first-order valence-electron chi connectivity index (χ1n) is 8.92. The Kier molecular flexibility index (Phi) is 4.36. The molecule has 2 amide bonds. The fourth-order valence-electron chi connectivity index (χ4n) is 4.07. The van der Waals surface area contributed by atoms with Crippen molar-refractivity contribution in [3.05, 3.63) is 54.4 Å². The molecule has 2 aromatic heterocycles. The zero-order chi connectivity index (χ0) is 18.0. The molecule has 0 unspecified atom stereocenters. The number of hydrogen-bond donors (Lipinski definition) is 0. The van der Waals surface area contributed by atoms with Gasteiger partial charge in [-0.2, -0.15) is 0 Å². The lowest BCUT2D eigenvalue weighted by molar-refractivity contribution is 0.0510. The van der Waals surface area contributed by atoms with E-state index in [-0.39, 0.29) is 17.2 Å². The molecule has 134 valence electrons. The largest absolute Gasteiger partial charge is 0.338 e. The van der Waals surface area contributed by atoms with Crippen molar-refractivity contribution in [3.63, 3.8) is 0 Å². The van der Waals surface area contributed by atoms with Gasteiger partial charge in [0.1, 0.15) is 5.69 Å². The van der Waals surface area contributed by atoms with Crippen LogP contribution in [0.25, 0.3) is 0 Å². The molecule has 1 spiro atoms. The average molecular weight is 351 g/mol. The first-order chi connectivity index (χ1) is 12.7. The molecule has 1 atom stereocenters. The van der Waals surface area contributed by atoms with Crippen molar-refractivity contribution in [1.82, 2.24) is 24.8 Å². The van der Waals surface area contributed by atoms with E-state index in [1.54, 1.807) is 30.7 Å². The highest BCUT2D eigenvalue weighted by Gasteiger charge is 2.44. The molecule has 0 radical (unpaired) electrons. The van der Waals surface area contributed by atoms with Crippen molar-refractivity contribution in [2.24, 2.45) is 5.41 Å². The Balaban J connectivity index is 1.46. The number of piperidine rings is 1. The summed E-state index contributed by atoms with van der Waals surface area (Å²) in [5, 5.41) is 0. The molecule has 0 aromatic carbocycles. The van der Waals surface area contributed by atoms with E-state index in [4.69, 9.17) is 0 Å². The maximum absolute atomic E-state index is 12.7. The number of aromatic nitrogens is 3. The third-order valence-corrected chi connectivity index (χ3v) is 5.38. The van der Waals surface area contributed by atoms with E-state index in [9.17, 15) is 9.59 Å². The number of carbonyl (C=O) groups excluding carboxylic acids is 2. The summed E-state index contributed by atoms with van der Waals surface area (Å²) >= 11 is 0. The van der Waals surface area contributed by atoms with Crippen LogP contribution in [0.5, 0.6) is 0 Å². The van der Waals surface area contributed by atoms with Crippen LogP contribution in [0.2, 0.25) is 0 Å². The van der Waals surface area contributed by atoms with E-state index in [1.165, 1.54) is 12.4 Å². The third kappa shape index (κ3) is 3.16. The van der Waals surface area contributed by atoms with Crippen LogP contribution in [0.4, 0.5) is 0 Å². The first-order valence-corrected chi connectivity index (χ1v) is 8.92. The van der Waals surface area contributed by atoms with Crippen LogP contribution in [0.3, 0.4) is 0 Å². The minimum Gasteiger partial charge on any atom is -0.338 e. The second-order valence-electron chi connectivity index (χ2n) is 7.13. The van der Waals surface area contributed by atoms with Gasteiger partial charge in [-0.3, -0.25) is 19.6 Å². The third-order valence-electron chi connectivity index (χ3n) is 5.38. The van der Waals surface area contributed by atoms with E-state index in [2.05, 4.69) is 15.0 Å². The fraction of sp³-hybridized carbons (Fsp3) is 0.421. The quantitative estimate of drug-likeness (QED) is 0.822. The van der Waals surface area contributed by atoms with Gasteiger partial charge >= 0.3 is 0 Å². The van der Waals surface area contributed by atoms with E-state index in [0.29, 0.717) is 24.3 Å². The number of likely N-dealkylation sites (tertiary alicyclic amines) is 2. The Hall–Kier alpha value is -2.83. The number of hydrogen-bond acceptors (Lipinski definition) is 5. The normalized spacial score (nSPS) is 22.6. The number of rotatable bonds is 2.